The zero-order valence-electron chi connectivity index (χ0n) is 29.8. The lowest BCUT2D eigenvalue weighted by Gasteiger charge is -2.27. The minimum absolute atomic E-state index is 0.875. The molecule has 258 valence electrons. The zero-order chi connectivity index (χ0) is 36.3. The molecule has 0 bridgehead atoms. The lowest BCUT2D eigenvalue weighted by Crippen LogP contribution is -2.10. The molecular weight excluding hydrogens is 687 g/mol. The van der Waals surface area contributed by atoms with Gasteiger partial charge in [-0.05, 0) is 92.7 Å². The Hall–Kier alpha value is -6.94. The van der Waals surface area contributed by atoms with Gasteiger partial charge in [0.1, 0.15) is 11.2 Å². The first-order valence-corrected chi connectivity index (χ1v) is 19.5. The van der Waals surface area contributed by atoms with Crippen LogP contribution in [0.1, 0.15) is 0 Å². The van der Waals surface area contributed by atoms with Crippen molar-refractivity contribution in [1.82, 2.24) is 0 Å². The van der Waals surface area contributed by atoms with E-state index in [4.69, 9.17) is 4.42 Å². The van der Waals surface area contributed by atoms with E-state index in [1.807, 2.05) is 17.4 Å². The van der Waals surface area contributed by atoms with E-state index in [9.17, 15) is 0 Å². The van der Waals surface area contributed by atoms with Crippen LogP contribution in [0, 0.1) is 0 Å². The van der Waals surface area contributed by atoms with Gasteiger partial charge in [-0.2, -0.15) is 0 Å². The van der Waals surface area contributed by atoms with Crippen LogP contribution in [0.15, 0.2) is 205 Å². The van der Waals surface area contributed by atoms with Gasteiger partial charge in [0.15, 0.2) is 0 Å². The molecule has 55 heavy (non-hydrogen) atoms. The van der Waals surface area contributed by atoms with Gasteiger partial charge in [0, 0.05) is 26.5 Å². The number of hydrogen-bond donors (Lipinski definition) is 0. The summed E-state index contributed by atoms with van der Waals surface area (Å²) >= 11 is 1.86. The third-order valence-electron chi connectivity index (χ3n) is 10.9. The van der Waals surface area contributed by atoms with Crippen LogP contribution in [-0.4, -0.2) is 0 Å². The highest BCUT2D eigenvalue weighted by Crippen LogP contribution is 2.50. The minimum atomic E-state index is 0.875. The molecule has 0 aliphatic carbocycles. The predicted octanol–water partition coefficient (Wildman–Crippen LogP) is 15.6. The average molecular weight is 720 g/mol. The smallest absolute Gasteiger partial charge is 0.137 e. The first-order chi connectivity index (χ1) is 27.3. The molecule has 0 aliphatic rings. The summed E-state index contributed by atoms with van der Waals surface area (Å²) in [6.45, 7) is 0. The van der Waals surface area contributed by atoms with Crippen molar-refractivity contribution in [2.45, 2.75) is 0 Å². The molecule has 11 aromatic rings. The van der Waals surface area contributed by atoms with Crippen molar-refractivity contribution in [3.8, 4) is 33.4 Å². The lowest BCUT2D eigenvalue weighted by atomic mass is 9.97. The number of fused-ring (bicyclic) bond motifs is 7. The molecule has 0 unspecified atom stereocenters. The van der Waals surface area contributed by atoms with Crippen molar-refractivity contribution >= 4 is 81.3 Å². The second kappa shape index (κ2) is 12.9. The molecule has 11 rings (SSSR count). The van der Waals surface area contributed by atoms with Crippen LogP contribution in [0.3, 0.4) is 0 Å². The predicted molar refractivity (Wildman–Crippen MR) is 235 cm³/mol. The molecular formula is C52H33NOS. The van der Waals surface area contributed by atoms with Crippen LogP contribution in [0.5, 0.6) is 0 Å². The van der Waals surface area contributed by atoms with Crippen LogP contribution in [0.2, 0.25) is 0 Å². The number of furan rings is 1. The number of anilines is 3. The number of para-hydroxylation sites is 1. The molecule has 0 atom stereocenters. The topological polar surface area (TPSA) is 16.4 Å². The normalized spacial score (nSPS) is 11.6. The Bertz CT molecular complexity index is 3190. The second-order valence-electron chi connectivity index (χ2n) is 14.1. The van der Waals surface area contributed by atoms with Gasteiger partial charge in [-0.25, -0.2) is 0 Å². The number of rotatable bonds is 6. The summed E-state index contributed by atoms with van der Waals surface area (Å²) in [5.41, 5.74) is 12.3. The second-order valence-corrected chi connectivity index (χ2v) is 15.1. The largest absolute Gasteiger partial charge is 0.456 e. The molecule has 0 aliphatic heterocycles. The maximum atomic E-state index is 6.44. The van der Waals surface area contributed by atoms with Gasteiger partial charge in [-0.3, -0.25) is 0 Å². The van der Waals surface area contributed by atoms with E-state index in [0.717, 1.165) is 39.0 Å². The fourth-order valence-electron chi connectivity index (χ4n) is 8.23. The summed E-state index contributed by atoms with van der Waals surface area (Å²) in [5, 5.41) is 7.28. The van der Waals surface area contributed by atoms with E-state index >= 15 is 0 Å². The van der Waals surface area contributed by atoms with Gasteiger partial charge in [0.2, 0.25) is 0 Å². The van der Waals surface area contributed by atoms with Crippen LogP contribution in [0.4, 0.5) is 17.1 Å². The van der Waals surface area contributed by atoms with Crippen molar-refractivity contribution in [3.63, 3.8) is 0 Å². The van der Waals surface area contributed by atoms with Gasteiger partial charge in [-0.1, -0.05) is 152 Å². The maximum absolute atomic E-state index is 6.44. The van der Waals surface area contributed by atoms with Crippen LogP contribution < -0.4 is 4.90 Å². The summed E-state index contributed by atoms with van der Waals surface area (Å²) in [6, 6.07) is 72.1. The summed E-state index contributed by atoms with van der Waals surface area (Å²) in [4.78, 5) is 2.43. The molecule has 0 fully saturated rings. The molecule has 2 nitrogen and oxygen atoms in total. The van der Waals surface area contributed by atoms with Crippen molar-refractivity contribution in [1.29, 1.82) is 0 Å². The van der Waals surface area contributed by atoms with Gasteiger partial charge in [0.25, 0.3) is 0 Å². The Kier molecular flexibility index (Phi) is 7.39. The summed E-state index contributed by atoms with van der Waals surface area (Å²) in [6.07, 6.45) is 0. The Balaban J connectivity index is 1.08. The molecule has 9 aromatic carbocycles. The Morgan fingerprint density at radius 3 is 1.84 bits per heavy atom. The molecule has 0 radical (unpaired) electrons. The van der Waals surface area contributed by atoms with Crippen molar-refractivity contribution < 1.29 is 4.42 Å². The first kappa shape index (κ1) is 31.6. The van der Waals surface area contributed by atoms with E-state index in [2.05, 4.69) is 199 Å². The molecule has 0 saturated heterocycles. The third-order valence-corrected chi connectivity index (χ3v) is 12.1. The zero-order valence-corrected chi connectivity index (χ0v) is 30.6. The van der Waals surface area contributed by atoms with Gasteiger partial charge >= 0.3 is 0 Å². The van der Waals surface area contributed by atoms with Gasteiger partial charge in [-0.15, -0.1) is 11.3 Å². The SMILES string of the molecule is c1ccc(-c2ccc(N(c3ccc(-c4ccc(-c5ccc6ccccc6c5)cc4)cc3)c3cccc4oc5ccccc5c34)c3sc4ccccc4c23)cc1. The monoisotopic (exact) mass is 719 g/mol. The number of benzene rings is 9. The highest BCUT2D eigenvalue weighted by atomic mass is 32.1. The summed E-state index contributed by atoms with van der Waals surface area (Å²) in [7, 11) is 0. The van der Waals surface area contributed by atoms with Crippen LogP contribution in [0.25, 0.3) is 86.3 Å². The fraction of sp³-hybridized carbons (Fsp3) is 0. The van der Waals surface area contributed by atoms with E-state index in [1.165, 1.54) is 64.3 Å². The quantitative estimate of drug-likeness (QED) is 0.170. The average Bonchev–Trinajstić information content (AvgIpc) is 3.84. The molecule has 3 heteroatoms. The number of hydrogen-bond acceptors (Lipinski definition) is 3. The fourth-order valence-corrected chi connectivity index (χ4v) is 9.46. The lowest BCUT2D eigenvalue weighted by molar-refractivity contribution is 0.669. The van der Waals surface area contributed by atoms with E-state index in [-0.39, 0.29) is 0 Å². The Morgan fingerprint density at radius 1 is 0.382 bits per heavy atom. The van der Waals surface area contributed by atoms with Crippen LogP contribution >= 0.6 is 11.3 Å². The number of thiophene rings is 1. The molecule has 0 amide bonds. The standard InChI is InChI=1S/C52H33NOS/c1-2-12-38(13-3-1)42-31-32-46(52-50(42)44-16-7-9-20-49(44)55-52)53(45-17-10-19-48-51(45)43-15-6-8-18-47(43)54-48)41-29-27-36(28-30-41)35-21-23-37(24-22-35)40-26-25-34-11-4-5-14-39(34)33-40/h1-33H. The highest BCUT2D eigenvalue weighted by Gasteiger charge is 2.24. The van der Waals surface area contributed by atoms with Crippen LogP contribution in [-0.2, 0) is 0 Å². The molecule has 2 heterocycles. The molecule has 0 saturated carbocycles. The minimum Gasteiger partial charge on any atom is -0.456 e. The van der Waals surface area contributed by atoms with Gasteiger partial charge in [0.05, 0.1) is 21.5 Å². The van der Waals surface area contributed by atoms with Crippen molar-refractivity contribution in [2.24, 2.45) is 0 Å². The summed E-state index contributed by atoms with van der Waals surface area (Å²) < 4.78 is 8.97. The van der Waals surface area contributed by atoms with Gasteiger partial charge < -0.3 is 9.32 Å². The first-order valence-electron chi connectivity index (χ1n) is 18.7. The highest BCUT2D eigenvalue weighted by molar-refractivity contribution is 7.26. The maximum Gasteiger partial charge on any atom is 0.137 e. The third kappa shape index (κ3) is 5.32. The van der Waals surface area contributed by atoms with Crippen molar-refractivity contribution in [3.05, 3.63) is 200 Å². The number of nitrogens with zero attached hydrogens (tertiary/aromatic N) is 1. The summed E-state index contributed by atoms with van der Waals surface area (Å²) in [5.74, 6) is 0. The van der Waals surface area contributed by atoms with E-state index < -0.39 is 0 Å². The Morgan fingerprint density at radius 2 is 1.02 bits per heavy atom. The molecule has 0 spiro atoms. The molecule has 0 N–H and O–H groups in total. The Labute approximate surface area is 322 Å². The van der Waals surface area contributed by atoms with E-state index in [0.29, 0.717) is 0 Å². The van der Waals surface area contributed by atoms with Crippen molar-refractivity contribution in [2.75, 3.05) is 4.90 Å². The van der Waals surface area contributed by atoms with E-state index in [1.54, 1.807) is 0 Å². The molecule has 2 aromatic heterocycles.